The Labute approximate surface area is 142 Å². The highest BCUT2D eigenvalue weighted by Gasteiger charge is 2.63. The normalized spacial score (nSPS) is 51.6. The predicted octanol–water partition coefficient (Wildman–Crippen LogP) is 4.18. The van der Waals surface area contributed by atoms with E-state index in [0.717, 1.165) is 55.6 Å². The molecular weight excluding hydrogens is 304 g/mol. The van der Waals surface area contributed by atoms with Crippen molar-refractivity contribution in [3.63, 3.8) is 0 Å². The lowest BCUT2D eigenvalue weighted by atomic mass is 9.46. The van der Waals surface area contributed by atoms with Gasteiger partial charge in [0.15, 0.2) is 5.78 Å². The predicted molar refractivity (Wildman–Crippen MR) is 92.3 cm³/mol. The molecule has 1 heterocycles. The number of hydrogen-bond donors (Lipinski definition) is 0. The minimum absolute atomic E-state index is 0.0231. The summed E-state index contributed by atoms with van der Waals surface area (Å²) in [6.45, 7) is 2.26. The molecule has 124 valence electrons. The number of carbonyl (C=O) groups excluding carboxylic acids is 2. The SMILES string of the molecule is C[C@]12CCC3C(CCC4=CC(=O)CC[C@]43C3CS3)C1CCC2=O. The maximum absolute atomic E-state index is 12.5. The van der Waals surface area contributed by atoms with Gasteiger partial charge >= 0.3 is 0 Å². The molecule has 5 aliphatic rings. The molecule has 0 bridgehead atoms. The molecule has 3 saturated carbocycles. The van der Waals surface area contributed by atoms with Gasteiger partial charge in [0.2, 0.25) is 0 Å². The van der Waals surface area contributed by atoms with E-state index in [1.54, 1.807) is 0 Å². The van der Waals surface area contributed by atoms with Gasteiger partial charge in [-0.3, -0.25) is 9.59 Å². The van der Waals surface area contributed by atoms with Gasteiger partial charge in [-0.1, -0.05) is 12.5 Å². The van der Waals surface area contributed by atoms with E-state index in [-0.39, 0.29) is 5.41 Å². The van der Waals surface area contributed by atoms with Crippen LogP contribution in [0.5, 0.6) is 0 Å². The second kappa shape index (κ2) is 4.74. The molecule has 3 heteroatoms. The Morgan fingerprint density at radius 1 is 1.04 bits per heavy atom. The summed E-state index contributed by atoms with van der Waals surface area (Å²) in [5.41, 5.74) is 1.79. The van der Waals surface area contributed by atoms with E-state index in [9.17, 15) is 9.59 Å². The van der Waals surface area contributed by atoms with E-state index in [4.69, 9.17) is 0 Å². The number of thioether (sulfide) groups is 1. The van der Waals surface area contributed by atoms with E-state index in [0.29, 0.717) is 22.9 Å². The van der Waals surface area contributed by atoms with Crippen LogP contribution in [0.2, 0.25) is 0 Å². The first-order valence-electron chi connectivity index (χ1n) is 9.44. The van der Waals surface area contributed by atoms with E-state index in [1.165, 1.54) is 24.2 Å². The molecule has 0 aromatic heterocycles. The van der Waals surface area contributed by atoms with Crippen molar-refractivity contribution in [3.05, 3.63) is 11.6 Å². The third-order valence-corrected chi connectivity index (χ3v) is 9.27. The molecule has 5 rings (SSSR count). The third kappa shape index (κ3) is 1.83. The standard InChI is InChI=1S/C20H26O2S/c1-19-8-7-16-14(15(19)4-5-17(19)22)3-2-12-10-13(21)6-9-20(12,16)18-11-23-18/h10,14-16,18H,2-9,11H2,1H3/t14?,15?,16?,18?,19-,20-/m0/s1. The molecule has 23 heavy (non-hydrogen) atoms. The molecule has 1 saturated heterocycles. The highest BCUT2D eigenvalue weighted by Crippen LogP contribution is 2.69. The smallest absolute Gasteiger partial charge is 0.155 e. The van der Waals surface area contributed by atoms with Crippen LogP contribution in [0.4, 0.5) is 0 Å². The fraction of sp³-hybridized carbons (Fsp3) is 0.800. The number of allylic oxidation sites excluding steroid dienone is 1. The summed E-state index contributed by atoms with van der Waals surface area (Å²) < 4.78 is 0. The van der Waals surface area contributed by atoms with Crippen LogP contribution in [0.3, 0.4) is 0 Å². The van der Waals surface area contributed by atoms with E-state index >= 15 is 0 Å². The van der Waals surface area contributed by atoms with E-state index in [1.807, 2.05) is 6.08 Å². The van der Waals surface area contributed by atoms with Crippen LogP contribution in [-0.2, 0) is 9.59 Å². The van der Waals surface area contributed by atoms with Crippen molar-refractivity contribution in [2.75, 3.05) is 5.75 Å². The molecule has 6 atom stereocenters. The Balaban J connectivity index is 1.57. The van der Waals surface area contributed by atoms with Gasteiger partial charge in [0.25, 0.3) is 0 Å². The minimum atomic E-state index is -0.0231. The number of ketones is 2. The zero-order chi connectivity index (χ0) is 15.8. The largest absolute Gasteiger partial charge is 0.299 e. The number of rotatable bonds is 1. The molecule has 4 unspecified atom stereocenters. The van der Waals surface area contributed by atoms with Crippen molar-refractivity contribution in [1.82, 2.24) is 0 Å². The number of fused-ring (bicyclic) bond motifs is 5. The van der Waals surface area contributed by atoms with E-state index < -0.39 is 0 Å². The zero-order valence-corrected chi connectivity index (χ0v) is 14.8. The Hall–Kier alpha value is -0.570. The first-order valence-corrected chi connectivity index (χ1v) is 10.5. The second-order valence-electron chi connectivity index (χ2n) is 8.83. The van der Waals surface area contributed by atoms with Crippen LogP contribution >= 0.6 is 11.8 Å². The Morgan fingerprint density at radius 2 is 1.87 bits per heavy atom. The van der Waals surface area contributed by atoms with Gasteiger partial charge in [0.1, 0.15) is 5.78 Å². The molecular formula is C20H26O2S. The average Bonchev–Trinajstić information content (AvgIpc) is 3.34. The number of hydrogen-bond acceptors (Lipinski definition) is 3. The van der Waals surface area contributed by atoms with Gasteiger partial charge in [-0.25, -0.2) is 0 Å². The second-order valence-corrected chi connectivity index (χ2v) is 10.1. The summed E-state index contributed by atoms with van der Waals surface area (Å²) in [4.78, 5) is 24.5. The van der Waals surface area contributed by atoms with Gasteiger partial charge < -0.3 is 0 Å². The highest BCUT2D eigenvalue weighted by atomic mass is 32.2. The first-order chi connectivity index (χ1) is 11.1. The summed E-state index contributed by atoms with van der Waals surface area (Å²) in [5, 5.41) is 0.760. The molecule has 2 nitrogen and oxygen atoms in total. The van der Waals surface area contributed by atoms with Crippen molar-refractivity contribution in [3.8, 4) is 0 Å². The topological polar surface area (TPSA) is 34.1 Å². The van der Waals surface area contributed by atoms with Crippen LogP contribution in [0, 0.1) is 28.6 Å². The lowest BCUT2D eigenvalue weighted by Crippen LogP contribution is -2.53. The van der Waals surface area contributed by atoms with Gasteiger partial charge in [-0.05, 0) is 62.4 Å². The lowest BCUT2D eigenvalue weighted by molar-refractivity contribution is -0.132. The van der Waals surface area contributed by atoms with Crippen LogP contribution in [0.1, 0.15) is 58.3 Å². The molecule has 1 aliphatic heterocycles. The monoisotopic (exact) mass is 330 g/mol. The van der Waals surface area contributed by atoms with Crippen molar-refractivity contribution in [1.29, 1.82) is 0 Å². The summed E-state index contributed by atoms with van der Waals surface area (Å²) in [7, 11) is 0. The molecule has 4 fully saturated rings. The van der Waals surface area contributed by atoms with Crippen molar-refractivity contribution < 1.29 is 9.59 Å². The van der Waals surface area contributed by atoms with Crippen LogP contribution in [0.15, 0.2) is 11.6 Å². The van der Waals surface area contributed by atoms with Crippen LogP contribution in [0.25, 0.3) is 0 Å². The van der Waals surface area contributed by atoms with Crippen molar-refractivity contribution in [2.24, 2.45) is 28.6 Å². The quantitative estimate of drug-likeness (QED) is 0.676. The van der Waals surface area contributed by atoms with Gasteiger partial charge in [0, 0.05) is 34.7 Å². The fourth-order valence-corrected chi connectivity index (χ4v) is 8.13. The van der Waals surface area contributed by atoms with Crippen molar-refractivity contribution >= 4 is 23.3 Å². The fourth-order valence-electron chi connectivity index (χ4n) is 6.99. The average molecular weight is 330 g/mol. The molecule has 0 aromatic carbocycles. The van der Waals surface area contributed by atoms with Gasteiger partial charge in [0.05, 0.1) is 0 Å². The van der Waals surface area contributed by atoms with Crippen LogP contribution in [-0.4, -0.2) is 22.6 Å². The van der Waals surface area contributed by atoms with Crippen molar-refractivity contribution in [2.45, 2.75) is 63.5 Å². The molecule has 0 spiro atoms. The third-order valence-electron chi connectivity index (χ3n) is 8.18. The first kappa shape index (κ1) is 14.7. The summed E-state index contributed by atoms with van der Waals surface area (Å²) in [5.74, 6) is 4.27. The van der Waals surface area contributed by atoms with E-state index in [2.05, 4.69) is 18.7 Å². The van der Waals surface area contributed by atoms with Gasteiger partial charge in [-0.2, -0.15) is 11.8 Å². The van der Waals surface area contributed by atoms with Gasteiger partial charge in [-0.15, -0.1) is 0 Å². The zero-order valence-electron chi connectivity index (χ0n) is 14.0. The van der Waals surface area contributed by atoms with Crippen LogP contribution < -0.4 is 0 Å². The Morgan fingerprint density at radius 3 is 2.65 bits per heavy atom. The summed E-state index contributed by atoms with van der Waals surface area (Å²) in [6, 6.07) is 0. The lowest BCUT2D eigenvalue weighted by Gasteiger charge is -2.58. The summed E-state index contributed by atoms with van der Waals surface area (Å²) >= 11 is 2.11. The molecule has 0 radical (unpaired) electrons. The maximum Gasteiger partial charge on any atom is 0.155 e. The number of carbonyl (C=O) groups is 2. The summed E-state index contributed by atoms with van der Waals surface area (Å²) in [6.07, 6.45) is 10.5. The maximum atomic E-state index is 12.5. The highest BCUT2D eigenvalue weighted by molar-refractivity contribution is 8.06. The molecule has 0 amide bonds. The molecule has 0 aromatic rings. The Kier molecular flexibility index (Phi) is 3.04. The number of Topliss-reactive ketones (excluding diaryl/α,β-unsaturated/α-hetero) is 1. The Bertz CT molecular complexity index is 619. The molecule has 4 aliphatic carbocycles. The molecule has 0 N–H and O–H groups in total. The minimum Gasteiger partial charge on any atom is -0.299 e.